The van der Waals surface area contributed by atoms with Gasteiger partial charge in [-0.1, -0.05) is 0 Å². The Morgan fingerprint density at radius 2 is 2.03 bits per heavy atom. The molecule has 1 atom stereocenters. The van der Waals surface area contributed by atoms with E-state index in [1.54, 1.807) is 12.1 Å². The van der Waals surface area contributed by atoms with Gasteiger partial charge in [-0.15, -0.1) is 11.3 Å². The fourth-order valence-corrected chi connectivity index (χ4v) is 7.58. The van der Waals surface area contributed by atoms with E-state index in [0.717, 1.165) is 23.3 Å². The van der Waals surface area contributed by atoms with Crippen molar-refractivity contribution in [2.45, 2.75) is 35.6 Å². The monoisotopic (exact) mass is 462 g/mol. The first-order valence-electron chi connectivity index (χ1n) is 9.87. The van der Waals surface area contributed by atoms with Crippen LogP contribution < -0.4 is 15.9 Å². The number of benzene rings is 1. The van der Waals surface area contributed by atoms with Crippen LogP contribution in [-0.4, -0.2) is 37.6 Å². The molecule has 1 aromatic carbocycles. The van der Waals surface area contributed by atoms with Crippen molar-refractivity contribution in [1.82, 2.24) is 4.57 Å². The van der Waals surface area contributed by atoms with E-state index in [2.05, 4.69) is 0 Å². The number of thiophene rings is 1. The first-order valence-corrected chi connectivity index (χ1v) is 12.4. The number of carbonyl (C=O) groups is 1. The van der Waals surface area contributed by atoms with Crippen molar-refractivity contribution in [2.24, 2.45) is 5.73 Å². The van der Waals surface area contributed by atoms with Crippen molar-refractivity contribution in [1.29, 1.82) is 0 Å². The van der Waals surface area contributed by atoms with Gasteiger partial charge in [0.1, 0.15) is 9.77 Å². The summed E-state index contributed by atoms with van der Waals surface area (Å²) in [5, 5.41) is 9.77. The number of pyridine rings is 1. The Labute approximate surface area is 183 Å². The number of ether oxygens (including phenoxy) is 1. The largest absolute Gasteiger partial charge is 0.494 e. The average Bonchev–Trinajstić information content (AvgIpc) is 3.47. The molecule has 1 fully saturated rings. The molecule has 1 aliphatic heterocycles. The molecule has 0 spiro atoms. The van der Waals surface area contributed by atoms with Crippen LogP contribution in [0, 0.1) is 0 Å². The predicted octanol–water partition coefficient (Wildman–Crippen LogP) is 4.28. The van der Waals surface area contributed by atoms with Gasteiger partial charge < -0.3 is 20.1 Å². The number of rotatable bonds is 4. The average molecular weight is 463 g/mol. The first-order chi connectivity index (χ1) is 14.7. The fraction of sp³-hybridized carbons (Fsp3) is 0.333. The third-order valence-electron chi connectivity index (χ3n) is 5.92. The zero-order chi connectivity index (χ0) is 22.1. The Morgan fingerprint density at radius 3 is 2.65 bits per heavy atom. The van der Waals surface area contributed by atoms with Gasteiger partial charge in [-0.2, -0.15) is 10.6 Å². The lowest BCUT2D eigenvalue weighted by molar-refractivity contribution is 0.0694. The molecule has 0 amide bonds. The van der Waals surface area contributed by atoms with Crippen molar-refractivity contribution in [3.05, 3.63) is 45.7 Å². The maximum atomic E-state index is 12.8. The van der Waals surface area contributed by atoms with Crippen molar-refractivity contribution >= 4 is 38.8 Å². The number of aromatic carboxylic acids is 1. The minimum atomic E-state index is -2.88. The highest BCUT2D eigenvalue weighted by molar-refractivity contribution is 8.25. The molecule has 2 aliphatic rings. The van der Waals surface area contributed by atoms with Crippen molar-refractivity contribution in [3.8, 4) is 16.2 Å². The third kappa shape index (κ3) is 3.17. The lowest BCUT2D eigenvalue weighted by atomic mass is 10.0. The Hall–Kier alpha value is -2.37. The first kappa shape index (κ1) is 20.5. The maximum Gasteiger partial charge on any atom is 0.341 e. The highest BCUT2D eigenvalue weighted by Gasteiger charge is 2.33. The lowest BCUT2D eigenvalue weighted by Gasteiger charge is -2.37. The van der Waals surface area contributed by atoms with Crippen molar-refractivity contribution in [2.75, 3.05) is 12.9 Å². The summed E-state index contributed by atoms with van der Waals surface area (Å²) in [6.45, 7) is 0. The number of hydrogen-bond donors (Lipinski definition) is 4. The molecule has 3 aromatic rings. The summed E-state index contributed by atoms with van der Waals surface area (Å²) in [6, 6.07) is 5.06. The molecule has 164 valence electrons. The summed E-state index contributed by atoms with van der Waals surface area (Å²) in [5.41, 5.74) is 7.40. The summed E-state index contributed by atoms with van der Waals surface area (Å²) in [4.78, 5) is 25.2. The van der Waals surface area contributed by atoms with Crippen molar-refractivity contribution in [3.63, 3.8) is 0 Å². The van der Waals surface area contributed by atoms with Crippen LogP contribution in [0.2, 0.25) is 0 Å². The second-order valence-corrected chi connectivity index (χ2v) is 11.4. The van der Waals surface area contributed by atoms with Gasteiger partial charge in [0.05, 0.1) is 18.0 Å². The molecular weight excluding hydrogens is 440 g/mol. The molecule has 1 saturated carbocycles. The number of carboxylic acid groups (broad SMARTS) is 1. The highest BCUT2D eigenvalue weighted by atomic mass is 32.3. The zero-order valence-electron chi connectivity index (χ0n) is 16.7. The number of carboxylic acids is 1. The van der Waals surface area contributed by atoms with Crippen LogP contribution in [0.5, 0.6) is 5.75 Å². The Bertz CT molecular complexity index is 1290. The van der Waals surface area contributed by atoms with E-state index in [4.69, 9.17) is 10.5 Å². The summed E-state index contributed by atoms with van der Waals surface area (Å²) < 4.78 is 29.1. The van der Waals surface area contributed by atoms with Crippen LogP contribution in [0.15, 0.2) is 33.4 Å². The van der Waals surface area contributed by atoms with Crippen LogP contribution in [0.1, 0.15) is 47.3 Å². The van der Waals surface area contributed by atoms with E-state index in [1.165, 1.54) is 24.6 Å². The molecule has 1 aliphatic carbocycles. The normalized spacial score (nSPS) is 21.0. The summed E-state index contributed by atoms with van der Waals surface area (Å²) in [5.74, 6) is -0.550. The number of nitrogens with two attached hydrogens (primary N) is 1. The topological polar surface area (TPSA) is 135 Å². The fourth-order valence-electron chi connectivity index (χ4n) is 4.19. The molecule has 2 aromatic heterocycles. The van der Waals surface area contributed by atoms with E-state index < -0.39 is 22.0 Å². The minimum Gasteiger partial charge on any atom is -0.494 e. The molecule has 8 nitrogen and oxygen atoms in total. The van der Waals surface area contributed by atoms with Gasteiger partial charge in [0.15, 0.2) is 5.75 Å². The van der Waals surface area contributed by atoms with E-state index in [0.29, 0.717) is 27.5 Å². The minimum absolute atomic E-state index is 0.113. The molecule has 10 heteroatoms. The second-order valence-electron chi connectivity index (χ2n) is 7.98. The molecule has 3 heterocycles. The van der Waals surface area contributed by atoms with Gasteiger partial charge in [-0.05, 0) is 37.5 Å². The Balaban J connectivity index is 1.79. The van der Waals surface area contributed by atoms with Gasteiger partial charge in [-0.25, -0.2) is 4.79 Å². The number of methoxy groups -OCH3 is 1. The molecule has 5 rings (SSSR count). The summed E-state index contributed by atoms with van der Waals surface area (Å²) >= 11 is 1.27. The molecular formula is C21H22N2O6S2. The molecule has 0 radical (unpaired) electrons. The number of aromatic nitrogens is 1. The molecule has 31 heavy (non-hydrogen) atoms. The number of fused-ring (bicyclic) bond motifs is 2. The SMILES string of the molecule is COc1c(-c2cc3c(s2)S(O)(O)CCC3N)ccc2c(=O)c(C(=O)O)cn(C3CC3)c12. The Kier molecular flexibility index (Phi) is 4.68. The molecule has 0 bridgehead atoms. The summed E-state index contributed by atoms with van der Waals surface area (Å²) in [7, 11) is -1.37. The van der Waals surface area contributed by atoms with Gasteiger partial charge in [0.25, 0.3) is 0 Å². The zero-order valence-corrected chi connectivity index (χ0v) is 18.3. The smallest absolute Gasteiger partial charge is 0.341 e. The Morgan fingerprint density at radius 1 is 1.29 bits per heavy atom. The van der Waals surface area contributed by atoms with Gasteiger partial charge in [0.2, 0.25) is 5.43 Å². The van der Waals surface area contributed by atoms with Crippen molar-refractivity contribution < 1.29 is 23.7 Å². The highest BCUT2D eigenvalue weighted by Crippen LogP contribution is 2.60. The predicted molar refractivity (Wildman–Crippen MR) is 121 cm³/mol. The quantitative estimate of drug-likeness (QED) is 0.454. The lowest BCUT2D eigenvalue weighted by Crippen LogP contribution is -2.21. The van der Waals surface area contributed by atoms with Crippen LogP contribution in [0.3, 0.4) is 0 Å². The number of hydrogen-bond acceptors (Lipinski definition) is 7. The van der Waals surface area contributed by atoms with Gasteiger partial charge in [0, 0.05) is 40.0 Å². The van der Waals surface area contributed by atoms with Crippen LogP contribution in [-0.2, 0) is 0 Å². The van der Waals surface area contributed by atoms with Crippen LogP contribution in [0.25, 0.3) is 21.3 Å². The van der Waals surface area contributed by atoms with Crippen LogP contribution in [0.4, 0.5) is 0 Å². The van der Waals surface area contributed by atoms with E-state index in [-0.39, 0.29) is 28.8 Å². The molecule has 0 saturated heterocycles. The maximum absolute atomic E-state index is 12.8. The van der Waals surface area contributed by atoms with E-state index >= 15 is 0 Å². The molecule has 5 N–H and O–H groups in total. The second kappa shape index (κ2) is 7.07. The van der Waals surface area contributed by atoms with Gasteiger partial charge in [-0.3, -0.25) is 13.9 Å². The standard InChI is InChI=1S/C21H22N2O6S2/c1-29-19-11(16-8-13-15(22)6-7-31(27,28)21(13)30-16)4-5-12-17(19)23(10-2-3-10)9-14(18(12)24)20(25)26/h4-5,8-10,15,27-28H,2-3,6-7,22H2,1H3,(H,25,26). The third-order valence-corrected chi connectivity index (χ3v) is 9.59. The number of nitrogens with zero attached hydrogens (tertiary/aromatic N) is 1. The van der Waals surface area contributed by atoms with Gasteiger partial charge >= 0.3 is 5.97 Å². The molecule has 1 unspecified atom stereocenters. The summed E-state index contributed by atoms with van der Waals surface area (Å²) in [6.07, 6.45) is 3.70. The van der Waals surface area contributed by atoms with E-state index in [9.17, 15) is 23.8 Å². The van der Waals surface area contributed by atoms with E-state index in [1.807, 2.05) is 10.6 Å². The van der Waals surface area contributed by atoms with Crippen LogP contribution >= 0.6 is 21.9 Å².